The van der Waals surface area contributed by atoms with Gasteiger partial charge in [0.2, 0.25) is 0 Å². The Balaban J connectivity index is 1.61. The van der Waals surface area contributed by atoms with E-state index < -0.39 is 0 Å². The first-order valence-electron chi connectivity index (χ1n) is 7.59. The van der Waals surface area contributed by atoms with E-state index in [1.165, 1.54) is 18.9 Å². The van der Waals surface area contributed by atoms with Crippen LogP contribution in [0.3, 0.4) is 0 Å². The molecule has 1 saturated carbocycles. The highest BCUT2D eigenvalue weighted by Crippen LogP contribution is 2.30. The summed E-state index contributed by atoms with van der Waals surface area (Å²) in [5.41, 5.74) is 1.54. The molecule has 1 N–H and O–H groups in total. The number of aromatic nitrogens is 1. The van der Waals surface area contributed by atoms with E-state index in [-0.39, 0.29) is 10.6 Å². The van der Waals surface area contributed by atoms with Crippen LogP contribution >= 0.6 is 0 Å². The highest BCUT2D eigenvalue weighted by molar-refractivity contribution is 5.96. The highest BCUT2D eigenvalue weighted by atomic mass is 16.6. The van der Waals surface area contributed by atoms with E-state index in [9.17, 15) is 10.1 Å². The lowest BCUT2D eigenvalue weighted by atomic mass is 10.1. The van der Waals surface area contributed by atoms with Gasteiger partial charge >= 0.3 is 0 Å². The molecular formula is C16H19N3O3. The van der Waals surface area contributed by atoms with E-state index in [2.05, 4.69) is 10.3 Å². The summed E-state index contributed by atoms with van der Waals surface area (Å²) in [6.07, 6.45) is 5.16. The SMILES string of the molecule is O=[N+]([O-])c1ccc(NCCCOCC2CC2)c2ncccc12. The van der Waals surface area contributed by atoms with E-state index in [0.29, 0.717) is 10.9 Å². The normalized spacial score (nSPS) is 14.2. The van der Waals surface area contributed by atoms with Crippen LogP contribution in [-0.2, 0) is 4.74 Å². The first-order chi connectivity index (χ1) is 10.8. The van der Waals surface area contributed by atoms with Crippen LogP contribution in [0.2, 0.25) is 0 Å². The number of hydrogen-bond donors (Lipinski definition) is 1. The third-order valence-corrected chi connectivity index (χ3v) is 3.77. The fourth-order valence-electron chi connectivity index (χ4n) is 2.39. The van der Waals surface area contributed by atoms with Gasteiger partial charge in [-0.25, -0.2) is 0 Å². The zero-order valence-electron chi connectivity index (χ0n) is 12.3. The summed E-state index contributed by atoms with van der Waals surface area (Å²) in [7, 11) is 0. The molecule has 0 amide bonds. The number of nitro benzene ring substituents is 1. The molecule has 1 fully saturated rings. The van der Waals surface area contributed by atoms with E-state index in [0.717, 1.165) is 37.8 Å². The number of pyridine rings is 1. The Morgan fingerprint density at radius 3 is 3.00 bits per heavy atom. The lowest BCUT2D eigenvalue weighted by molar-refractivity contribution is -0.383. The Hall–Kier alpha value is -2.21. The van der Waals surface area contributed by atoms with Crippen LogP contribution in [0.5, 0.6) is 0 Å². The monoisotopic (exact) mass is 301 g/mol. The molecular weight excluding hydrogens is 282 g/mol. The number of benzene rings is 1. The molecule has 0 unspecified atom stereocenters. The fraction of sp³-hybridized carbons (Fsp3) is 0.438. The number of non-ortho nitro benzene ring substituents is 1. The van der Waals surface area contributed by atoms with Gasteiger partial charge in [0, 0.05) is 32.0 Å². The molecule has 2 aromatic rings. The van der Waals surface area contributed by atoms with Crippen molar-refractivity contribution >= 4 is 22.3 Å². The smallest absolute Gasteiger partial charge is 0.278 e. The van der Waals surface area contributed by atoms with Crippen LogP contribution in [0.1, 0.15) is 19.3 Å². The molecule has 1 aliphatic rings. The second-order valence-corrected chi connectivity index (χ2v) is 5.59. The summed E-state index contributed by atoms with van der Waals surface area (Å²) < 4.78 is 5.59. The van der Waals surface area contributed by atoms with Crippen molar-refractivity contribution in [3.05, 3.63) is 40.6 Å². The highest BCUT2D eigenvalue weighted by Gasteiger charge is 2.20. The molecule has 1 heterocycles. The van der Waals surface area contributed by atoms with Gasteiger partial charge in [0.05, 0.1) is 16.0 Å². The topological polar surface area (TPSA) is 77.3 Å². The molecule has 0 radical (unpaired) electrons. The second-order valence-electron chi connectivity index (χ2n) is 5.59. The Morgan fingerprint density at radius 1 is 1.36 bits per heavy atom. The van der Waals surface area contributed by atoms with Gasteiger partial charge in [-0.2, -0.15) is 0 Å². The van der Waals surface area contributed by atoms with Crippen LogP contribution in [0, 0.1) is 16.0 Å². The lowest BCUT2D eigenvalue weighted by Gasteiger charge is -2.09. The number of ether oxygens (including phenoxy) is 1. The van der Waals surface area contributed by atoms with Gasteiger partial charge in [0.15, 0.2) is 0 Å². The van der Waals surface area contributed by atoms with E-state index in [1.54, 1.807) is 24.4 Å². The van der Waals surface area contributed by atoms with Crippen molar-refractivity contribution in [3.63, 3.8) is 0 Å². The van der Waals surface area contributed by atoms with Crippen molar-refractivity contribution < 1.29 is 9.66 Å². The minimum atomic E-state index is -0.375. The number of rotatable bonds is 8. The van der Waals surface area contributed by atoms with Crippen molar-refractivity contribution in [2.75, 3.05) is 25.1 Å². The van der Waals surface area contributed by atoms with Crippen molar-refractivity contribution in [2.24, 2.45) is 5.92 Å². The average molecular weight is 301 g/mol. The number of anilines is 1. The van der Waals surface area contributed by atoms with Crippen LogP contribution in [-0.4, -0.2) is 29.7 Å². The third kappa shape index (κ3) is 3.51. The molecule has 0 spiro atoms. The molecule has 0 atom stereocenters. The number of nitrogens with one attached hydrogen (secondary N) is 1. The minimum absolute atomic E-state index is 0.0846. The summed E-state index contributed by atoms with van der Waals surface area (Å²) in [4.78, 5) is 15.0. The fourth-order valence-corrected chi connectivity index (χ4v) is 2.39. The molecule has 0 aliphatic heterocycles. The summed E-state index contributed by atoms with van der Waals surface area (Å²) in [5.74, 6) is 0.788. The number of hydrogen-bond acceptors (Lipinski definition) is 5. The summed E-state index contributed by atoms with van der Waals surface area (Å²) in [5, 5.41) is 14.9. The first-order valence-corrected chi connectivity index (χ1v) is 7.59. The third-order valence-electron chi connectivity index (χ3n) is 3.77. The Bertz CT molecular complexity index is 671. The number of nitro groups is 1. The summed E-state index contributed by atoms with van der Waals surface area (Å²) in [6, 6.07) is 6.68. The standard InChI is InChI=1S/C16H19N3O3/c20-19(21)15-7-6-14(16-13(15)3-1-8-18-16)17-9-2-10-22-11-12-4-5-12/h1,3,6-8,12,17H,2,4-5,9-11H2. The largest absolute Gasteiger partial charge is 0.383 e. The molecule has 3 rings (SSSR count). The molecule has 0 saturated heterocycles. The van der Waals surface area contributed by atoms with Gasteiger partial charge in [-0.05, 0) is 43.4 Å². The number of nitrogens with zero attached hydrogens (tertiary/aromatic N) is 2. The van der Waals surface area contributed by atoms with Gasteiger partial charge < -0.3 is 10.1 Å². The number of fused-ring (bicyclic) bond motifs is 1. The van der Waals surface area contributed by atoms with Gasteiger partial charge in [0.1, 0.15) is 5.52 Å². The maximum absolute atomic E-state index is 11.1. The molecule has 6 heteroatoms. The predicted molar refractivity (Wildman–Crippen MR) is 85.0 cm³/mol. The van der Waals surface area contributed by atoms with Crippen LogP contribution in [0.4, 0.5) is 11.4 Å². The Labute approximate surface area is 128 Å². The molecule has 0 bridgehead atoms. The molecule has 6 nitrogen and oxygen atoms in total. The lowest BCUT2D eigenvalue weighted by Crippen LogP contribution is -2.07. The maximum Gasteiger partial charge on any atom is 0.278 e. The maximum atomic E-state index is 11.1. The second kappa shape index (κ2) is 6.70. The van der Waals surface area contributed by atoms with Crippen molar-refractivity contribution in [1.29, 1.82) is 0 Å². The van der Waals surface area contributed by atoms with Gasteiger partial charge in [-0.15, -0.1) is 0 Å². The van der Waals surface area contributed by atoms with Gasteiger partial charge in [-0.1, -0.05) is 0 Å². The van der Waals surface area contributed by atoms with E-state index >= 15 is 0 Å². The first kappa shape index (κ1) is 14.7. The molecule has 22 heavy (non-hydrogen) atoms. The quantitative estimate of drug-likeness (QED) is 0.459. The summed E-state index contributed by atoms with van der Waals surface area (Å²) in [6.45, 7) is 2.37. The van der Waals surface area contributed by atoms with E-state index in [4.69, 9.17) is 4.74 Å². The van der Waals surface area contributed by atoms with Crippen LogP contribution < -0.4 is 5.32 Å². The molecule has 1 aliphatic carbocycles. The molecule has 116 valence electrons. The van der Waals surface area contributed by atoms with E-state index in [1.807, 2.05) is 0 Å². The van der Waals surface area contributed by atoms with Crippen molar-refractivity contribution in [1.82, 2.24) is 4.98 Å². The Kier molecular flexibility index (Phi) is 4.48. The zero-order valence-corrected chi connectivity index (χ0v) is 12.3. The zero-order chi connectivity index (χ0) is 15.4. The minimum Gasteiger partial charge on any atom is -0.383 e. The molecule has 1 aromatic heterocycles. The predicted octanol–water partition coefficient (Wildman–Crippen LogP) is 3.37. The van der Waals surface area contributed by atoms with Crippen LogP contribution in [0.15, 0.2) is 30.5 Å². The average Bonchev–Trinajstić information content (AvgIpc) is 3.34. The summed E-state index contributed by atoms with van der Waals surface area (Å²) >= 11 is 0. The van der Waals surface area contributed by atoms with Crippen molar-refractivity contribution in [2.45, 2.75) is 19.3 Å². The Morgan fingerprint density at radius 2 is 2.23 bits per heavy atom. The molecule has 1 aromatic carbocycles. The van der Waals surface area contributed by atoms with Crippen LogP contribution in [0.25, 0.3) is 10.9 Å². The van der Waals surface area contributed by atoms with Gasteiger partial charge in [-0.3, -0.25) is 15.1 Å². The van der Waals surface area contributed by atoms with Crippen molar-refractivity contribution in [3.8, 4) is 0 Å². The van der Waals surface area contributed by atoms with Gasteiger partial charge in [0.25, 0.3) is 5.69 Å².